The van der Waals surface area contributed by atoms with Gasteiger partial charge in [0.15, 0.2) is 0 Å². The zero-order chi connectivity index (χ0) is 22.0. The molecular formula is C22H16O8Zr. The van der Waals surface area contributed by atoms with Crippen LogP contribution in [-0.2, 0) is 39.0 Å². The number of carboxylic acid groups (broad SMARTS) is 4. The van der Waals surface area contributed by atoms with Crippen LogP contribution in [0.15, 0.2) is 36.4 Å². The average molecular weight is 500 g/mol. The third kappa shape index (κ3) is 5.06. The molecule has 0 radical (unpaired) electrons. The van der Waals surface area contributed by atoms with Gasteiger partial charge in [0.25, 0.3) is 0 Å². The van der Waals surface area contributed by atoms with Gasteiger partial charge in [-0.15, -0.1) is 0 Å². The topological polar surface area (TPSA) is 149 Å². The van der Waals surface area contributed by atoms with Crippen molar-refractivity contribution < 1.29 is 65.8 Å². The van der Waals surface area contributed by atoms with Crippen molar-refractivity contribution in [3.05, 3.63) is 80.9 Å². The van der Waals surface area contributed by atoms with Gasteiger partial charge < -0.3 is 20.4 Å². The fraction of sp³-hybridized carbons (Fsp3) is 0.0909. The van der Waals surface area contributed by atoms with Gasteiger partial charge in [0.1, 0.15) is 0 Å². The average Bonchev–Trinajstić information content (AvgIpc) is 3.34. The first kappa shape index (κ1) is 24.0. The molecule has 0 amide bonds. The molecule has 2 aliphatic carbocycles. The molecule has 0 saturated heterocycles. The second-order valence-corrected chi connectivity index (χ2v) is 6.63. The molecule has 0 aliphatic heterocycles. The molecule has 4 rings (SSSR count). The molecule has 0 atom stereocenters. The maximum atomic E-state index is 10.8. The van der Waals surface area contributed by atoms with Crippen molar-refractivity contribution in [2.24, 2.45) is 0 Å². The minimum absolute atomic E-state index is 0. The number of fused-ring (bicyclic) bond motifs is 2. The minimum Gasteiger partial charge on any atom is -0.478 e. The van der Waals surface area contributed by atoms with Crippen LogP contribution in [0.25, 0.3) is 12.2 Å². The predicted octanol–water partition coefficient (Wildman–Crippen LogP) is 3.30. The van der Waals surface area contributed by atoms with Crippen LogP contribution in [0.1, 0.15) is 63.7 Å². The van der Waals surface area contributed by atoms with Gasteiger partial charge >= 0.3 is 23.9 Å². The third-order valence-corrected chi connectivity index (χ3v) is 4.75. The van der Waals surface area contributed by atoms with E-state index in [0.717, 1.165) is 22.3 Å². The number of aromatic carboxylic acids is 4. The Labute approximate surface area is 195 Å². The second kappa shape index (κ2) is 9.66. The maximum absolute atomic E-state index is 10.8. The molecule has 2 aliphatic rings. The molecule has 0 saturated carbocycles. The zero-order valence-electron chi connectivity index (χ0n) is 16.0. The first-order valence-electron chi connectivity index (χ1n) is 8.79. The van der Waals surface area contributed by atoms with E-state index in [1.54, 1.807) is 12.2 Å². The van der Waals surface area contributed by atoms with E-state index in [-0.39, 0.29) is 48.5 Å². The molecule has 156 valence electrons. The van der Waals surface area contributed by atoms with Crippen molar-refractivity contribution in [2.75, 3.05) is 0 Å². The first-order chi connectivity index (χ1) is 14.2. The van der Waals surface area contributed by atoms with E-state index in [0.29, 0.717) is 12.8 Å². The fourth-order valence-corrected chi connectivity index (χ4v) is 3.32. The summed E-state index contributed by atoms with van der Waals surface area (Å²) in [7, 11) is 0. The molecular weight excluding hydrogens is 483 g/mol. The third-order valence-electron chi connectivity index (χ3n) is 4.75. The van der Waals surface area contributed by atoms with Crippen LogP contribution in [0, 0.1) is 0 Å². The number of benzene rings is 2. The number of carbonyl (C=O) groups is 4. The van der Waals surface area contributed by atoms with Gasteiger partial charge in [-0.05, 0) is 59.4 Å². The van der Waals surface area contributed by atoms with Crippen molar-refractivity contribution in [2.45, 2.75) is 12.8 Å². The Kier molecular flexibility index (Phi) is 7.47. The Hall–Kier alpha value is -3.32. The largest absolute Gasteiger partial charge is 0.478 e. The van der Waals surface area contributed by atoms with E-state index in [1.165, 1.54) is 24.3 Å². The molecule has 4 N–H and O–H groups in total. The summed E-state index contributed by atoms with van der Waals surface area (Å²) < 4.78 is 0. The van der Waals surface area contributed by atoms with Crippen LogP contribution in [0.5, 0.6) is 0 Å². The quantitative estimate of drug-likeness (QED) is 0.501. The van der Waals surface area contributed by atoms with Gasteiger partial charge in [-0.3, -0.25) is 0 Å². The molecule has 0 fully saturated rings. The Bertz CT molecular complexity index is 1070. The molecule has 2 aromatic rings. The Morgan fingerprint density at radius 2 is 0.839 bits per heavy atom. The summed E-state index contributed by atoms with van der Waals surface area (Å²) in [5.74, 6) is -4.84. The normalized spacial score (nSPS) is 12.1. The van der Waals surface area contributed by atoms with E-state index in [4.69, 9.17) is 20.4 Å². The summed E-state index contributed by atoms with van der Waals surface area (Å²) >= 11 is 0. The monoisotopic (exact) mass is 498 g/mol. The molecule has 9 heteroatoms. The summed E-state index contributed by atoms with van der Waals surface area (Å²) in [6, 6.07) is 5.68. The van der Waals surface area contributed by atoms with E-state index in [9.17, 15) is 19.2 Å². The maximum Gasteiger partial charge on any atom is 0.336 e. The molecule has 0 unspecified atom stereocenters. The molecule has 31 heavy (non-hydrogen) atoms. The van der Waals surface area contributed by atoms with Crippen LogP contribution in [0.2, 0.25) is 0 Å². The van der Waals surface area contributed by atoms with Gasteiger partial charge in [-0.2, -0.15) is 0 Å². The molecule has 0 bridgehead atoms. The molecule has 0 heterocycles. The van der Waals surface area contributed by atoms with Crippen LogP contribution in [0.4, 0.5) is 0 Å². The van der Waals surface area contributed by atoms with Crippen molar-refractivity contribution >= 4 is 36.0 Å². The van der Waals surface area contributed by atoms with Crippen LogP contribution >= 0.6 is 0 Å². The summed E-state index contributed by atoms with van der Waals surface area (Å²) in [6.07, 6.45) is 8.68. The number of rotatable bonds is 4. The Morgan fingerprint density at radius 3 is 1.13 bits per heavy atom. The van der Waals surface area contributed by atoms with Gasteiger partial charge in [-0.1, -0.05) is 24.3 Å². The van der Waals surface area contributed by atoms with Crippen molar-refractivity contribution in [1.29, 1.82) is 0 Å². The van der Waals surface area contributed by atoms with Gasteiger partial charge in [0.05, 0.1) is 22.3 Å². The van der Waals surface area contributed by atoms with E-state index >= 15 is 0 Å². The predicted molar refractivity (Wildman–Crippen MR) is 106 cm³/mol. The summed E-state index contributed by atoms with van der Waals surface area (Å²) in [5, 5.41) is 35.4. The van der Waals surface area contributed by atoms with E-state index in [2.05, 4.69) is 0 Å². The Balaban J connectivity index is 0.000000213. The summed E-state index contributed by atoms with van der Waals surface area (Å²) in [5.41, 5.74) is 2.68. The van der Waals surface area contributed by atoms with Gasteiger partial charge in [0, 0.05) is 26.2 Å². The van der Waals surface area contributed by atoms with E-state index < -0.39 is 23.9 Å². The first-order valence-corrected chi connectivity index (χ1v) is 8.79. The standard InChI is InChI=1S/2C11H8O4.Zr/c2*12-10(13)8-4-6-2-1-3-7(6)5-9(8)11(14)15;/h2*1-2,4-5H,3H2,(H,12,13)(H,14,15);. The van der Waals surface area contributed by atoms with Crippen LogP contribution in [0.3, 0.4) is 0 Å². The Morgan fingerprint density at radius 1 is 0.548 bits per heavy atom. The van der Waals surface area contributed by atoms with Crippen molar-refractivity contribution in [3.8, 4) is 0 Å². The summed E-state index contributed by atoms with van der Waals surface area (Å²) in [6.45, 7) is 0. The number of hydrogen-bond acceptors (Lipinski definition) is 4. The molecule has 2 aromatic carbocycles. The van der Waals surface area contributed by atoms with Gasteiger partial charge in [0.2, 0.25) is 0 Å². The van der Waals surface area contributed by atoms with Crippen LogP contribution < -0.4 is 0 Å². The number of allylic oxidation sites excluding steroid dienone is 2. The molecule has 8 nitrogen and oxygen atoms in total. The molecule has 0 aromatic heterocycles. The second-order valence-electron chi connectivity index (χ2n) is 6.63. The van der Waals surface area contributed by atoms with Crippen molar-refractivity contribution in [3.63, 3.8) is 0 Å². The minimum atomic E-state index is -1.21. The number of carboxylic acids is 4. The fourth-order valence-electron chi connectivity index (χ4n) is 3.32. The van der Waals surface area contributed by atoms with Gasteiger partial charge in [-0.25, -0.2) is 19.2 Å². The summed E-state index contributed by atoms with van der Waals surface area (Å²) in [4.78, 5) is 43.4. The molecule has 0 spiro atoms. The van der Waals surface area contributed by atoms with Crippen molar-refractivity contribution in [1.82, 2.24) is 0 Å². The van der Waals surface area contributed by atoms with E-state index in [1.807, 2.05) is 12.2 Å². The number of hydrogen-bond donors (Lipinski definition) is 4. The zero-order valence-corrected chi connectivity index (χ0v) is 18.4. The SMILES string of the molecule is O=C(O)c1cc2c(cc1C(=O)O)CC=C2.O=C(O)c1cc2c(cc1C(=O)O)CC=C2.[Zr]. The van der Waals surface area contributed by atoms with Crippen LogP contribution in [-0.4, -0.2) is 44.3 Å². The smallest absolute Gasteiger partial charge is 0.336 e.